The molecule has 0 radical (unpaired) electrons. The third-order valence-electron chi connectivity index (χ3n) is 3.83. The molecule has 1 aromatic carbocycles. The lowest BCUT2D eigenvalue weighted by Gasteiger charge is -2.08. The molecule has 4 aromatic rings. The van der Waals surface area contributed by atoms with Crippen LogP contribution in [0.4, 0.5) is 5.82 Å². The van der Waals surface area contributed by atoms with Gasteiger partial charge in [-0.1, -0.05) is 24.3 Å². The fourth-order valence-corrected chi connectivity index (χ4v) is 2.63. The molecule has 0 spiro atoms. The summed E-state index contributed by atoms with van der Waals surface area (Å²) in [6.45, 7) is 0. The van der Waals surface area contributed by atoms with Crippen LogP contribution in [0.25, 0.3) is 22.2 Å². The van der Waals surface area contributed by atoms with E-state index >= 15 is 0 Å². The van der Waals surface area contributed by atoms with Crippen LogP contribution in [0, 0.1) is 0 Å². The molecule has 0 unspecified atom stereocenters. The fourth-order valence-electron chi connectivity index (χ4n) is 2.63. The van der Waals surface area contributed by atoms with E-state index in [0.29, 0.717) is 16.9 Å². The number of para-hydroxylation sites is 1. The van der Waals surface area contributed by atoms with Gasteiger partial charge in [0, 0.05) is 29.5 Å². The Labute approximate surface area is 144 Å². The molecular formula is C20H14N4O. The molecule has 3 heterocycles. The molecule has 0 aliphatic carbocycles. The van der Waals surface area contributed by atoms with E-state index in [9.17, 15) is 4.79 Å². The van der Waals surface area contributed by atoms with E-state index in [1.165, 1.54) is 0 Å². The van der Waals surface area contributed by atoms with Crippen molar-refractivity contribution < 1.29 is 4.79 Å². The molecule has 0 saturated carbocycles. The molecule has 1 N–H and O–H groups in total. The van der Waals surface area contributed by atoms with Gasteiger partial charge in [-0.15, -0.1) is 0 Å². The van der Waals surface area contributed by atoms with Crippen LogP contribution in [0.1, 0.15) is 10.4 Å². The van der Waals surface area contributed by atoms with E-state index < -0.39 is 0 Å². The van der Waals surface area contributed by atoms with Gasteiger partial charge in [0.05, 0.1) is 16.8 Å². The maximum Gasteiger partial charge on any atom is 0.259 e. The normalized spacial score (nSPS) is 10.6. The Kier molecular flexibility index (Phi) is 3.88. The van der Waals surface area contributed by atoms with E-state index in [2.05, 4.69) is 20.3 Å². The number of carbonyl (C=O) groups excluding carboxylic acids is 1. The topological polar surface area (TPSA) is 67.8 Å². The van der Waals surface area contributed by atoms with Crippen LogP contribution in [-0.2, 0) is 0 Å². The zero-order chi connectivity index (χ0) is 17.1. The largest absolute Gasteiger partial charge is 0.306 e. The lowest BCUT2D eigenvalue weighted by molar-refractivity contribution is 0.102. The Morgan fingerprint density at radius 1 is 0.880 bits per heavy atom. The van der Waals surface area contributed by atoms with Crippen molar-refractivity contribution in [3.8, 4) is 11.3 Å². The molecule has 0 saturated heterocycles. The zero-order valence-electron chi connectivity index (χ0n) is 13.3. The van der Waals surface area contributed by atoms with Gasteiger partial charge in [-0.25, -0.2) is 9.97 Å². The van der Waals surface area contributed by atoms with Crippen LogP contribution >= 0.6 is 0 Å². The third kappa shape index (κ3) is 3.07. The SMILES string of the molecule is O=C(Nc1ccccn1)c1cccc2ccc(-c3cccnc3)nc12. The minimum Gasteiger partial charge on any atom is -0.306 e. The highest BCUT2D eigenvalue weighted by molar-refractivity contribution is 6.11. The number of pyridine rings is 3. The van der Waals surface area contributed by atoms with Gasteiger partial charge in [0.15, 0.2) is 0 Å². The predicted octanol–water partition coefficient (Wildman–Crippen LogP) is 3.94. The molecular weight excluding hydrogens is 312 g/mol. The van der Waals surface area contributed by atoms with Crippen molar-refractivity contribution in [3.63, 3.8) is 0 Å². The Bertz CT molecular complexity index is 1030. The van der Waals surface area contributed by atoms with Crippen LogP contribution in [-0.4, -0.2) is 20.9 Å². The van der Waals surface area contributed by atoms with Crippen molar-refractivity contribution in [2.45, 2.75) is 0 Å². The number of carbonyl (C=O) groups is 1. The summed E-state index contributed by atoms with van der Waals surface area (Å²) in [6, 6.07) is 18.6. The number of anilines is 1. The maximum atomic E-state index is 12.7. The number of nitrogens with zero attached hydrogens (tertiary/aromatic N) is 3. The van der Waals surface area contributed by atoms with E-state index in [0.717, 1.165) is 16.6 Å². The minimum atomic E-state index is -0.236. The first kappa shape index (κ1) is 15.0. The van der Waals surface area contributed by atoms with Crippen molar-refractivity contribution in [3.05, 3.63) is 84.8 Å². The highest BCUT2D eigenvalue weighted by Crippen LogP contribution is 2.23. The number of benzene rings is 1. The Hall–Kier alpha value is -3.60. The molecule has 0 aliphatic rings. The van der Waals surface area contributed by atoms with Crippen LogP contribution in [0.2, 0.25) is 0 Å². The molecule has 0 aliphatic heterocycles. The van der Waals surface area contributed by atoms with Gasteiger partial charge < -0.3 is 5.32 Å². The first-order valence-electron chi connectivity index (χ1n) is 7.84. The Morgan fingerprint density at radius 3 is 2.64 bits per heavy atom. The predicted molar refractivity (Wildman–Crippen MR) is 97.2 cm³/mol. The molecule has 5 heteroatoms. The van der Waals surface area contributed by atoms with E-state index in [1.807, 2.05) is 42.5 Å². The number of amides is 1. The van der Waals surface area contributed by atoms with Crippen LogP contribution in [0.3, 0.4) is 0 Å². The Balaban J connectivity index is 1.77. The van der Waals surface area contributed by atoms with Gasteiger partial charge in [0.1, 0.15) is 5.82 Å². The number of hydrogen-bond donors (Lipinski definition) is 1. The monoisotopic (exact) mass is 326 g/mol. The number of nitrogens with one attached hydrogen (secondary N) is 1. The maximum absolute atomic E-state index is 12.7. The molecule has 0 atom stereocenters. The molecule has 120 valence electrons. The second kappa shape index (κ2) is 6.49. The van der Waals surface area contributed by atoms with Crippen LogP contribution in [0.5, 0.6) is 0 Å². The van der Waals surface area contributed by atoms with Crippen LogP contribution < -0.4 is 5.32 Å². The minimum absolute atomic E-state index is 0.236. The average Bonchev–Trinajstić information content (AvgIpc) is 2.68. The quantitative estimate of drug-likeness (QED) is 0.619. The van der Waals surface area contributed by atoms with Gasteiger partial charge >= 0.3 is 0 Å². The summed E-state index contributed by atoms with van der Waals surface area (Å²) in [7, 11) is 0. The molecule has 3 aromatic heterocycles. The number of hydrogen-bond acceptors (Lipinski definition) is 4. The first-order valence-corrected chi connectivity index (χ1v) is 7.84. The van der Waals surface area contributed by atoms with Gasteiger partial charge in [0.2, 0.25) is 0 Å². The summed E-state index contributed by atoms with van der Waals surface area (Å²) in [5.41, 5.74) is 2.84. The van der Waals surface area contributed by atoms with Crippen molar-refractivity contribution in [2.75, 3.05) is 5.32 Å². The first-order chi connectivity index (χ1) is 12.3. The van der Waals surface area contributed by atoms with Crippen molar-refractivity contribution in [1.82, 2.24) is 15.0 Å². The highest BCUT2D eigenvalue weighted by atomic mass is 16.1. The number of fused-ring (bicyclic) bond motifs is 1. The molecule has 25 heavy (non-hydrogen) atoms. The highest BCUT2D eigenvalue weighted by Gasteiger charge is 2.13. The summed E-state index contributed by atoms with van der Waals surface area (Å²) < 4.78 is 0. The smallest absolute Gasteiger partial charge is 0.259 e. The van der Waals surface area contributed by atoms with Gasteiger partial charge in [-0.2, -0.15) is 0 Å². The second-order valence-corrected chi connectivity index (χ2v) is 5.48. The average molecular weight is 326 g/mol. The van der Waals surface area contributed by atoms with Gasteiger partial charge in [0.25, 0.3) is 5.91 Å². The van der Waals surface area contributed by atoms with Crippen molar-refractivity contribution in [2.24, 2.45) is 0 Å². The number of aromatic nitrogens is 3. The summed E-state index contributed by atoms with van der Waals surface area (Å²) in [6.07, 6.45) is 5.11. The summed E-state index contributed by atoms with van der Waals surface area (Å²) in [5.74, 6) is 0.271. The van der Waals surface area contributed by atoms with E-state index in [-0.39, 0.29) is 5.91 Å². The van der Waals surface area contributed by atoms with E-state index in [1.54, 1.807) is 36.8 Å². The summed E-state index contributed by atoms with van der Waals surface area (Å²) in [4.78, 5) is 25.6. The van der Waals surface area contributed by atoms with E-state index in [4.69, 9.17) is 0 Å². The van der Waals surface area contributed by atoms with Crippen molar-refractivity contribution in [1.29, 1.82) is 0 Å². The second-order valence-electron chi connectivity index (χ2n) is 5.48. The zero-order valence-corrected chi connectivity index (χ0v) is 13.3. The number of rotatable bonds is 3. The Morgan fingerprint density at radius 2 is 1.84 bits per heavy atom. The summed E-state index contributed by atoms with van der Waals surface area (Å²) >= 11 is 0. The lowest BCUT2D eigenvalue weighted by atomic mass is 10.1. The standard InChI is InChI=1S/C20H14N4O/c25-20(24-18-8-1-2-12-22-18)16-7-3-5-14-9-10-17(23-19(14)16)15-6-4-11-21-13-15/h1-13H,(H,22,24,25). The third-order valence-corrected chi connectivity index (χ3v) is 3.83. The fraction of sp³-hybridized carbons (Fsp3) is 0. The molecule has 1 amide bonds. The van der Waals surface area contributed by atoms with Crippen LogP contribution in [0.15, 0.2) is 79.3 Å². The summed E-state index contributed by atoms with van der Waals surface area (Å²) in [5, 5.41) is 3.71. The molecule has 0 bridgehead atoms. The molecule has 5 nitrogen and oxygen atoms in total. The van der Waals surface area contributed by atoms with Gasteiger partial charge in [-0.3, -0.25) is 9.78 Å². The lowest BCUT2D eigenvalue weighted by Crippen LogP contribution is -2.13. The molecule has 4 rings (SSSR count). The van der Waals surface area contributed by atoms with Crippen molar-refractivity contribution >= 4 is 22.6 Å². The van der Waals surface area contributed by atoms with Gasteiger partial charge in [-0.05, 0) is 36.4 Å². The molecule has 0 fully saturated rings.